The van der Waals surface area contributed by atoms with E-state index in [1.165, 1.54) is 28.2 Å². The summed E-state index contributed by atoms with van der Waals surface area (Å²) in [6.07, 6.45) is -1.43. The van der Waals surface area contributed by atoms with Crippen molar-refractivity contribution in [1.82, 2.24) is 30.4 Å². The number of carbonyl (C=O) groups is 3. The number of nitrogens with zero attached hydrogens (tertiary/aromatic N) is 5. The van der Waals surface area contributed by atoms with E-state index >= 15 is 0 Å². The standard InChI is InChI=1S/C18H18N6O5S2.Na/c1-23-18(20-21-22-23)31-8-10-7-30-16-11(15(27)24(16)12(10)17(28)29)19-14(26)13(25)9-5-3-2-4-6-9;/h2-6,11,13,16,25H,7-8H2,1H3,(H,19,26)(H,28,29);/q;+1/p-1. The monoisotopic (exact) mass is 484 g/mol. The van der Waals surface area contributed by atoms with Crippen LogP contribution in [0.15, 0.2) is 46.8 Å². The van der Waals surface area contributed by atoms with Gasteiger partial charge in [0.05, 0.1) is 11.7 Å². The predicted molar refractivity (Wildman–Crippen MR) is 108 cm³/mol. The molecule has 0 saturated carbocycles. The third-order valence-electron chi connectivity index (χ3n) is 4.86. The second kappa shape index (κ2) is 10.4. The van der Waals surface area contributed by atoms with E-state index in [2.05, 4.69) is 20.8 Å². The SMILES string of the molecule is Cn1nnnc1SCC1=C(C(=O)[O-])N2C(=O)C(NC(=O)C(O)c3ccccc3)C2SC1.[Na+]. The molecule has 14 heteroatoms. The average molecular weight is 484 g/mol. The van der Waals surface area contributed by atoms with Gasteiger partial charge in [0, 0.05) is 18.6 Å². The summed E-state index contributed by atoms with van der Waals surface area (Å²) in [5.41, 5.74) is 0.718. The Morgan fingerprint density at radius 3 is 2.72 bits per heavy atom. The number of hydrogen-bond donors (Lipinski definition) is 2. The summed E-state index contributed by atoms with van der Waals surface area (Å²) >= 11 is 2.58. The zero-order valence-electron chi connectivity index (χ0n) is 17.2. The van der Waals surface area contributed by atoms with E-state index < -0.39 is 35.3 Å². The number of hydrogen-bond acceptors (Lipinski definition) is 10. The van der Waals surface area contributed by atoms with Crippen molar-refractivity contribution in [2.75, 3.05) is 11.5 Å². The summed E-state index contributed by atoms with van der Waals surface area (Å²) < 4.78 is 1.46. The number of nitrogens with one attached hydrogen (secondary N) is 1. The number of thioether (sulfide) groups is 2. The number of β-lactam (4-membered cyclic amide) rings is 1. The van der Waals surface area contributed by atoms with Crippen LogP contribution in [0.4, 0.5) is 0 Å². The third-order valence-corrected chi connectivity index (χ3v) is 7.30. The van der Waals surface area contributed by atoms with Gasteiger partial charge in [0.15, 0.2) is 6.10 Å². The van der Waals surface area contributed by atoms with Crippen LogP contribution >= 0.6 is 23.5 Å². The van der Waals surface area contributed by atoms with Gasteiger partial charge in [-0.25, -0.2) is 4.68 Å². The second-order valence-electron chi connectivity index (χ2n) is 6.82. The molecule has 0 spiro atoms. The molecule has 3 atom stereocenters. The Bertz CT molecular complexity index is 1070. The Balaban J connectivity index is 0.00000289. The maximum Gasteiger partial charge on any atom is 1.00 e. The fraction of sp³-hybridized carbons (Fsp3) is 0.333. The third kappa shape index (κ3) is 4.72. The summed E-state index contributed by atoms with van der Waals surface area (Å²) in [5, 5.41) is 35.6. The second-order valence-corrected chi connectivity index (χ2v) is 8.87. The number of aromatic nitrogens is 4. The molecule has 1 aromatic heterocycles. The minimum absolute atomic E-state index is 0. The number of aliphatic carboxylic acids is 1. The van der Waals surface area contributed by atoms with Crippen LogP contribution in [0.25, 0.3) is 0 Å². The van der Waals surface area contributed by atoms with Crippen molar-refractivity contribution in [3.63, 3.8) is 0 Å². The molecular weight excluding hydrogens is 467 g/mol. The Kier molecular flexibility index (Phi) is 8.01. The van der Waals surface area contributed by atoms with Crippen molar-refractivity contribution in [3.8, 4) is 0 Å². The maximum atomic E-state index is 12.7. The van der Waals surface area contributed by atoms with Gasteiger partial charge in [0.2, 0.25) is 5.16 Å². The minimum atomic E-state index is -1.46. The van der Waals surface area contributed by atoms with Gasteiger partial charge in [0.1, 0.15) is 11.4 Å². The molecule has 1 aromatic carbocycles. The number of carboxylic acid groups (broad SMARTS) is 1. The van der Waals surface area contributed by atoms with Crippen molar-refractivity contribution >= 4 is 41.3 Å². The quantitative estimate of drug-likeness (QED) is 0.223. The molecule has 2 amide bonds. The topological polar surface area (TPSA) is 153 Å². The summed E-state index contributed by atoms with van der Waals surface area (Å²) in [7, 11) is 1.66. The van der Waals surface area contributed by atoms with Gasteiger partial charge in [-0.05, 0) is 21.6 Å². The minimum Gasteiger partial charge on any atom is -0.543 e. The first-order valence-electron chi connectivity index (χ1n) is 9.15. The molecule has 2 N–H and O–H groups in total. The van der Waals surface area contributed by atoms with Crippen LogP contribution in [0.3, 0.4) is 0 Å². The number of amides is 2. The molecular formula is C18H17N6NaO5S2. The number of rotatable bonds is 7. The zero-order valence-corrected chi connectivity index (χ0v) is 20.8. The molecule has 0 radical (unpaired) electrons. The molecule has 0 bridgehead atoms. The number of benzene rings is 1. The van der Waals surface area contributed by atoms with Gasteiger partial charge >= 0.3 is 29.6 Å². The van der Waals surface area contributed by atoms with Crippen LogP contribution in [0.5, 0.6) is 0 Å². The van der Waals surface area contributed by atoms with E-state index in [9.17, 15) is 24.6 Å². The Labute approximate surface area is 213 Å². The Hall–Kier alpha value is -1.90. The van der Waals surface area contributed by atoms with Crippen molar-refractivity contribution < 1.29 is 54.2 Å². The van der Waals surface area contributed by atoms with E-state index in [0.29, 0.717) is 22.0 Å². The van der Waals surface area contributed by atoms with Crippen LogP contribution in [0.2, 0.25) is 0 Å². The Morgan fingerprint density at radius 2 is 2.09 bits per heavy atom. The fourth-order valence-electron chi connectivity index (χ4n) is 3.30. The van der Waals surface area contributed by atoms with Gasteiger partial charge in [-0.3, -0.25) is 14.5 Å². The average Bonchev–Trinajstić information content (AvgIpc) is 3.19. The molecule has 0 aliphatic carbocycles. The number of fused-ring (bicyclic) bond motifs is 1. The molecule has 3 unspecified atom stereocenters. The van der Waals surface area contributed by atoms with E-state index in [4.69, 9.17) is 0 Å². The number of carboxylic acids is 1. The molecule has 2 aliphatic rings. The van der Waals surface area contributed by atoms with E-state index in [-0.39, 0.29) is 41.0 Å². The zero-order chi connectivity index (χ0) is 22.1. The molecule has 2 aromatic rings. The number of tetrazole rings is 1. The molecule has 1 fully saturated rings. The largest absolute Gasteiger partial charge is 1.00 e. The number of carbonyl (C=O) groups excluding carboxylic acids is 3. The Morgan fingerprint density at radius 1 is 1.38 bits per heavy atom. The van der Waals surface area contributed by atoms with Gasteiger partial charge in [-0.15, -0.1) is 16.9 Å². The molecule has 32 heavy (non-hydrogen) atoms. The smallest absolute Gasteiger partial charge is 0.543 e. The summed E-state index contributed by atoms with van der Waals surface area (Å²) in [6, 6.07) is 7.40. The van der Waals surface area contributed by atoms with Gasteiger partial charge in [-0.2, -0.15) is 0 Å². The molecule has 11 nitrogen and oxygen atoms in total. The molecule has 3 heterocycles. The first-order valence-corrected chi connectivity index (χ1v) is 11.2. The number of aliphatic hydroxyl groups excluding tert-OH is 1. The van der Waals surface area contributed by atoms with E-state index in [1.807, 2.05) is 0 Å². The van der Waals surface area contributed by atoms with Crippen molar-refractivity contribution in [3.05, 3.63) is 47.2 Å². The van der Waals surface area contributed by atoms with E-state index in [0.717, 1.165) is 4.90 Å². The van der Waals surface area contributed by atoms with Crippen LogP contribution in [-0.2, 0) is 21.4 Å². The maximum absolute atomic E-state index is 12.7. The first kappa shape index (κ1) is 24.7. The van der Waals surface area contributed by atoms with Gasteiger partial charge in [0.25, 0.3) is 11.8 Å². The van der Waals surface area contributed by atoms with Crippen molar-refractivity contribution in [1.29, 1.82) is 0 Å². The van der Waals surface area contributed by atoms with Crippen molar-refractivity contribution in [2.45, 2.75) is 22.7 Å². The summed E-state index contributed by atoms with van der Waals surface area (Å²) in [4.78, 5) is 38.0. The van der Waals surface area contributed by atoms with Gasteiger partial charge < -0.3 is 20.3 Å². The number of aliphatic hydroxyl groups is 1. The van der Waals surface area contributed by atoms with Crippen LogP contribution < -0.4 is 40.0 Å². The summed E-state index contributed by atoms with van der Waals surface area (Å²) in [5.74, 6) is -2.14. The molecule has 1 saturated heterocycles. The predicted octanol–water partition coefficient (Wildman–Crippen LogP) is -4.56. The van der Waals surface area contributed by atoms with Crippen LogP contribution in [0, 0.1) is 0 Å². The fourth-order valence-corrected chi connectivity index (χ4v) is 5.63. The number of aryl methyl sites for hydroxylation is 1. The molecule has 2 aliphatic heterocycles. The van der Waals surface area contributed by atoms with Crippen LogP contribution in [-0.4, -0.2) is 70.9 Å². The van der Waals surface area contributed by atoms with Crippen LogP contribution in [0.1, 0.15) is 11.7 Å². The first-order chi connectivity index (χ1) is 14.9. The summed E-state index contributed by atoms with van der Waals surface area (Å²) in [6.45, 7) is 0. The van der Waals surface area contributed by atoms with Crippen molar-refractivity contribution in [2.24, 2.45) is 7.05 Å². The van der Waals surface area contributed by atoms with Gasteiger partial charge in [-0.1, -0.05) is 42.1 Å². The van der Waals surface area contributed by atoms with E-state index in [1.54, 1.807) is 37.4 Å². The molecule has 162 valence electrons. The molecule has 4 rings (SSSR count). The normalized spacial score (nSPS) is 20.7.